The van der Waals surface area contributed by atoms with Gasteiger partial charge in [0, 0.05) is 0 Å². The van der Waals surface area contributed by atoms with Crippen molar-refractivity contribution in [3.8, 4) is 5.75 Å². The lowest BCUT2D eigenvalue weighted by Crippen LogP contribution is -2.12. The van der Waals surface area contributed by atoms with Gasteiger partial charge in [-0.1, -0.05) is 19.1 Å². The Labute approximate surface area is 121 Å². The molecular weight excluding hydrogens is 268 g/mol. The van der Waals surface area contributed by atoms with Crippen molar-refractivity contribution in [3.05, 3.63) is 42.0 Å². The van der Waals surface area contributed by atoms with Crippen molar-refractivity contribution in [2.45, 2.75) is 19.4 Å². The van der Waals surface area contributed by atoms with E-state index in [0.717, 1.165) is 18.0 Å². The molecule has 0 fully saturated rings. The smallest absolute Gasteiger partial charge is 0.200 e. The van der Waals surface area contributed by atoms with E-state index in [1.54, 1.807) is 7.11 Å². The standard InChI is InChI=1S/C14H16N6O/c1-3-12(10-4-6-11(21-2)7-5-10)15-13-8-9-14-16-18-19-20(14)17-13/h4-9,12H,3H2,1-2H3,(H,15,17)/t12-/m0/s1. The number of tetrazole rings is 1. The summed E-state index contributed by atoms with van der Waals surface area (Å²) in [5, 5.41) is 18.9. The van der Waals surface area contributed by atoms with Crippen molar-refractivity contribution in [1.82, 2.24) is 25.3 Å². The van der Waals surface area contributed by atoms with E-state index in [9.17, 15) is 0 Å². The van der Waals surface area contributed by atoms with Gasteiger partial charge in [0.2, 0.25) is 0 Å². The number of hydrogen-bond acceptors (Lipinski definition) is 6. The highest BCUT2D eigenvalue weighted by Crippen LogP contribution is 2.23. The molecule has 0 saturated heterocycles. The maximum atomic E-state index is 5.18. The minimum absolute atomic E-state index is 0.164. The molecule has 0 bridgehead atoms. The third-order valence-corrected chi connectivity index (χ3v) is 3.32. The Morgan fingerprint density at radius 2 is 2.00 bits per heavy atom. The van der Waals surface area contributed by atoms with Crippen molar-refractivity contribution in [2.24, 2.45) is 0 Å². The van der Waals surface area contributed by atoms with Crippen LogP contribution >= 0.6 is 0 Å². The summed E-state index contributed by atoms with van der Waals surface area (Å²) in [5.74, 6) is 1.58. The van der Waals surface area contributed by atoms with Crippen molar-refractivity contribution >= 4 is 11.5 Å². The first-order chi connectivity index (χ1) is 10.3. The average Bonchev–Trinajstić information content (AvgIpc) is 3.00. The highest BCUT2D eigenvalue weighted by atomic mass is 16.5. The molecule has 0 amide bonds. The Morgan fingerprint density at radius 1 is 1.19 bits per heavy atom. The minimum Gasteiger partial charge on any atom is -0.497 e. The monoisotopic (exact) mass is 284 g/mol. The molecule has 0 aliphatic rings. The van der Waals surface area contributed by atoms with Crippen LogP contribution in [-0.2, 0) is 0 Å². The highest BCUT2D eigenvalue weighted by molar-refractivity contribution is 5.44. The first-order valence-electron chi connectivity index (χ1n) is 6.76. The molecular formula is C14H16N6O. The molecule has 0 radical (unpaired) electrons. The van der Waals surface area contributed by atoms with Gasteiger partial charge in [-0.3, -0.25) is 0 Å². The lowest BCUT2D eigenvalue weighted by Gasteiger charge is -2.18. The Hall–Kier alpha value is -2.70. The second-order valence-electron chi connectivity index (χ2n) is 4.62. The summed E-state index contributed by atoms with van der Waals surface area (Å²) in [6, 6.07) is 11.9. The molecule has 2 heterocycles. The van der Waals surface area contributed by atoms with Crippen LogP contribution in [0.3, 0.4) is 0 Å². The van der Waals surface area contributed by atoms with Gasteiger partial charge in [0.05, 0.1) is 13.2 Å². The van der Waals surface area contributed by atoms with Gasteiger partial charge in [0.25, 0.3) is 0 Å². The number of hydrogen-bond donors (Lipinski definition) is 1. The maximum Gasteiger partial charge on any atom is 0.200 e. The fraction of sp³-hybridized carbons (Fsp3) is 0.286. The lowest BCUT2D eigenvalue weighted by molar-refractivity contribution is 0.414. The van der Waals surface area contributed by atoms with Crippen LogP contribution in [0.1, 0.15) is 24.9 Å². The number of rotatable bonds is 5. The fourth-order valence-corrected chi connectivity index (χ4v) is 2.16. The van der Waals surface area contributed by atoms with Crippen LogP contribution < -0.4 is 10.1 Å². The van der Waals surface area contributed by atoms with E-state index in [2.05, 4.69) is 45.0 Å². The molecule has 108 valence electrons. The Kier molecular flexibility index (Phi) is 3.63. The summed E-state index contributed by atoms with van der Waals surface area (Å²) in [7, 11) is 1.66. The molecule has 7 nitrogen and oxygen atoms in total. The quantitative estimate of drug-likeness (QED) is 0.773. The molecule has 3 rings (SSSR count). The summed E-state index contributed by atoms with van der Waals surface area (Å²) in [5.41, 5.74) is 1.80. The van der Waals surface area contributed by atoms with Gasteiger partial charge in [0.1, 0.15) is 11.6 Å². The normalized spacial score (nSPS) is 12.3. The second-order valence-corrected chi connectivity index (χ2v) is 4.62. The van der Waals surface area contributed by atoms with Gasteiger partial charge in [-0.05, 0) is 46.7 Å². The highest BCUT2D eigenvalue weighted by Gasteiger charge is 2.11. The largest absolute Gasteiger partial charge is 0.497 e. The van der Waals surface area contributed by atoms with Crippen LogP contribution in [-0.4, -0.2) is 32.4 Å². The van der Waals surface area contributed by atoms with Gasteiger partial charge in [-0.25, -0.2) is 0 Å². The molecule has 0 saturated carbocycles. The van der Waals surface area contributed by atoms with Crippen molar-refractivity contribution in [1.29, 1.82) is 0 Å². The van der Waals surface area contributed by atoms with Crippen molar-refractivity contribution in [2.75, 3.05) is 12.4 Å². The van der Waals surface area contributed by atoms with E-state index in [0.29, 0.717) is 5.65 Å². The van der Waals surface area contributed by atoms with Gasteiger partial charge in [-0.15, -0.1) is 14.8 Å². The van der Waals surface area contributed by atoms with Crippen LogP contribution in [0, 0.1) is 0 Å². The fourth-order valence-electron chi connectivity index (χ4n) is 2.16. The van der Waals surface area contributed by atoms with E-state index in [4.69, 9.17) is 4.74 Å². The number of ether oxygens (including phenoxy) is 1. The number of methoxy groups -OCH3 is 1. The Morgan fingerprint density at radius 3 is 2.71 bits per heavy atom. The second kappa shape index (κ2) is 5.74. The molecule has 1 atom stereocenters. The number of anilines is 1. The zero-order valence-corrected chi connectivity index (χ0v) is 11.9. The lowest BCUT2D eigenvalue weighted by atomic mass is 10.0. The molecule has 1 N–H and O–H groups in total. The predicted octanol–water partition coefficient (Wildman–Crippen LogP) is 2.09. The number of fused-ring (bicyclic) bond motifs is 1. The Bertz CT molecular complexity index is 724. The molecule has 1 aromatic carbocycles. The van der Waals surface area contributed by atoms with Crippen LogP contribution in [0.4, 0.5) is 5.82 Å². The Balaban J connectivity index is 1.82. The molecule has 7 heteroatoms. The summed E-state index contributed by atoms with van der Waals surface area (Å²) >= 11 is 0. The third kappa shape index (κ3) is 2.76. The number of benzene rings is 1. The molecule has 2 aromatic heterocycles. The van der Waals surface area contributed by atoms with Crippen LogP contribution in [0.15, 0.2) is 36.4 Å². The van der Waals surface area contributed by atoms with E-state index in [1.165, 1.54) is 10.2 Å². The minimum atomic E-state index is 0.164. The van der Waals surface area contributed by atoms with E-state index in [1.807, 2.05) is 24.3 Å². The van der Waals surface area contributed by atoms with Crippen LogP contribution in [0.25, 0.3) is 5.65 Å². The summed E-state index contributed by atoms with van der Waals surface area (Å²) < 4.78 is 6.59. The van der Waals surface area contributed by atoms with Gasteiger partial charge in [-0.2, -0.15) is 0 Å². The first kappa shape index (κ1) is 13.3. The molecule has 0 aliphatic heterocycles. The number of aromatic nitrogens is 5. The van der Waals surface area contributed by atoms with Crippen LogP contribution in [0.2, 0.25) is 0 Å². The summed E-state index contributed by atoms with van der Waals surface area (Å²) in [4.78, 5) is 0. The van der Waals surface area contributed by atoms with Crippen LogP contribution in [0.5, 0.6) is 5.75 Å². The van der Waals surface area contributed by atoms with E-state index in [-0.39, 0.29) is 6.04 Å². The summed E-state index contributed by atoms with van der Waals surface area (Å²) in [6.45, 7) is 2.12. The summed E-state index contributed by atoms with van der Waals surface area (Å²) in [6.07, 6.45) is 0.932. The van der Waals surface area contributed by atoms with E-state index < -0.39 is 0 Å². The molecule has 0 unspecified atom stereocenters. The van der Waals surface area contributed by atoms with E-state index >= 15 is 0 Å². The third-order valence-electron chi connectivity index (χ3n) is 3.32. The number of nitrogens with one attached hydrogen (secondary N) is 1. The topological polar surface area (TPSA) is 77.2 Å². The first-order valence-corrected chi connectivity index (χ1v) is 6.76. The maximum absolute atomic E-state index is 5.18. The average molecular weight is 284 g/mol. The van der Waals surface area contributed by atoms with Crippen molar-refractivity contribution in [3.63, 3.8) is 0 Å². The van der Waals surface area contributed by atoms with Gasteiger partial charge < -0.3 is 10.1 Å². The predicted molar refractivity (Wildman–Crippen MR) is 78.2 cm³/mol. The zero-order valence-electron chi connectivity index (χ0n) is 11.9. The zero-order chi connectivity index (χ0) is 14.7. The SMILES string of the molecule is CC[C@H](Nc1ccc2nnnn2n1)c1ccc(OC)cc1. The number of nitrogens with zero attached hydrogens (tertiary/aromatic N) is 5. The van der Waals surface area contributed by atoms with Crippen molar-refractivity contribution < 1.29 is 4.74 Å². The van der Waals surface area contributed by atoms with Gasteiger partial charge >= 0.3 is 0 Å². The molecule has 21 heavy (non-hydrogen) atoms. The molecule has 3 aromatic rings. The van der Waals surface area contributed by atoms with Gasteiger partial charge in [0.15, 0.2) is 5.65 Å². The molecule has 0 aliphatic carbocycles. The molecule has 0 spiro atoms.